The van der Waals surface area contributed by atoms with Crippen molar-refractivity contribution in [2.75, 3.05) is 0 Å². The van der Waals surface area contributed by atoms with Gasteiger partial charge in [0.05, 0.1) is 5.02 Å². The highest BCUT2D eigenvalue weighted by molar-refractivity contribution is 9.10. The second-order valence-corrected chi connectivity index (χ2v) is 6.88. The molecule has 0 aliphatic rings. The summed E-state index contributed by atoms with van der Waals surface area (Å²) in [5.41, 5.74) is 1.23. The van der Waals surface area contributed by atoms with E-state index in [9.17, 15) is 0 Å². The third-order valence-corrected chi connectivity index (χ3v) is 5.18. The second-order valence-electron chi connectivity index (χ2n) is 4.30. The maximum Gasteiger partial charge on any atom is 0.0548 e. The van der Waals surface area contributed by atoms with Crippen LogP contribution in [0.3, 0.4) is 0 Å². The molecule has 1 atom stereocenters. The van der Waals surface area contributed by atoms with Gasteiger partial charge >= 0.3 is 0 Å². The smallest absolute Gasteiger partial charge is 0.0548 e. The zero-order chi connectivity index (χ0) is 13.1. The Hall–Kier alpha value is -0.350. The summed E-state index contributed by atoms with van der Waals surface area (Å²) < 4.78 is 0.947. The van der Waals surface area contributed by atoms with Crippen molar-refractivity contribution in [2.24, 2.45) is 0 Å². The van der Waals surface area contributed by atoms with E-state index in [4.69, 9.17) is 11.6 Å². The summed E-state index contributed by atoms with van der Waals surface area (Å²) >= 11 is 11.3. The van der Waals surface area contributed by atoms with E-state index in [2.05, 4.69) is 53.3 Å². The van der Waals surface area contributed by atoms with Gasteiger partial charge in [-0.05, 0) is 59.6 Å². The van der Waals surface area contributed by atoms with Crippen LogP contribution in [0.2, 0.25) is 5.02 Å². The normalized spacial score (nSPS) is 12.7. The maximum atomic E-state index is 5.98. The quantitative estimate of drug-likeness (QED) is 0.791. The Labute approximate surface area is 125 Å². The average molecular weight is 345 g/mol. The summed E-state index contributed by atoms with van der Waals surface area (Å²) in [6, 6.07) is 10.8. The molecule has 4 heteroatoms. The first kappa shape index (κ1) is 14.1. The predicted molar refractivity (Wildman–Crippen MR) is 83.5 cm³/mol. The third-order valence-electron chi connectivity index (χ3n) is 2.78. The number of halogens is 2. The van der Waals surface area contributed by atoms with Crippen LogP contribution in [-0.4, -0.2) is 0 Å². The molecule has 1 N–H and O–H groups in total. The van der Waals surface area contributed by atoms with Gasteiger partial charge in [-0.2, -0.15) is 0 Å². The molecule has 0 fully saturated rings. The fourth-order valence-electron chi connectivity index (χ4n) is 1.71. The first-order valence-corrected chi connectivity index (χ1v) is 7.78. The van der Waals surface area contributed by atoms with Gasteiger partial charge in [0.2, 0.25) is 0 Å². The topological polar surface area (TPSA) is 12.0 Å². The van der Waals surface area contributed by atoms with Crippen LogP contribution in [0.5, 0.6) is 0 Å². The van der Waals surface area contributed by atoms with Crippen molar-refractivity contribution in [3.63, 3.8) is 0 Å². The second kappa shape index (κ2) is 6.20. The summed E-state index contributed by atoms with van der Waals surface area (Å²) in [5.74, 6) is 0. The van der Waals surface area contributed by atoms with Crippen molar-refractivity contribution in [3.8, 4) is 0 Å². The molecular weight excluding hydrogens is 330 g/mol. The van der Waals surface area contributed by atoms with Crippen molar-refractivity contribution < 1.29 is 0 Å². The molecule has 1 aromatic heterocycles. The number of rotatable bonds is 4. The summed E-state index contributed by atoms with van der Waals surface area (Å²) in [4.78, 5) is 2.73. The van der Waals surface area contributed by atoms with Crippen molar-refractivity contribution in [1.29, 1.82) is 0 Å². The van der Waals surface area contributed by atoms with Gasteiger partial charge in [0.15, 0.2) is 0 Å². The van der Waals surface area contributed by atoms with E-state index in [0.717, 1.165) is 16.0 Å². The van der Waals surface area contributed by atoms with Crippen LogP contribution in [0.25, 0.3) is 0 Å². The van der Waals surface area contributed by atoms with E-state index in [1.165, 1.54) is 15.3 Å². The van der Waals surface area contributed by atoms with Gasteiger partial charge in [-0.3, -0.25) is 0 Å². The SMILES string of the molecule is Cc1ccc(C(C)NCc2ccc(Cl)c(Br)c2)s1. The lowest BCUT2D eigenvalue weighted by Crippen LogP contribution is -2.17. The Morgan fingerprint density at radius 3 is 2.72 bits per heavy atom. The molecule has 18 heavy (non-hydrogen) atoms. The first-order chi connectivity index (χ1) is 8.56. The molecule has 0 aliphatic carbocycles. The Balaban J connectivity index is 1.97. The van der Waals surface area contributed by atoms with Crippen LogP contribution in [0.4, 0.5) is 0 Å². The van der Waals surface area contributed by atoms with Crippen LogP contribution in [0.15, 0.2) is 34.8 Å². The molecule has 0 amide bonds. The van der Waals surface area contributed by atoms with Crippen molar-refractivity contribution in [3.05, 3.63) is 55.1 Å². The maximum absolute atomic E-state index is 5.98. The minimum atomic E-state index is 0.373. The molecule has 2 aromatic rings. The number of hydrogen-bond acceptors (Lipinski definition) is 2. The number of aryl methyl sites for hydroxylation is 1. The average Bonchev–Trinajstić information content (AvgIpc) is 2.77. The molecule has 1 unspecified atom stereocenters. The van der Waals surface area contributed by atoms with E-state index in [1.807, 2.05) is 23.5 Å². The summed E-state index contributed by atoms with van der Waals surface area (Å²) in [5, 5.41) is 4.27. The van der Waals surface area contributed by atoms with Gasteiger partial charge in [-0.1, -0.05) is 17.7 Å². The summed E-state index contributed by atoms with van der Waals surface area (Å²) in [6.45, 7) is 5.17. The van der Waals surface area contributed by atoms with Crippen molar-refractivity contribution in [1.82, 2.24) is 5.32 Å². The fraction of sp³-hybridized carbons (Fsp3) is 0.286. The number of thiophene rings is 1. The van der Waals surface area contributed by atoms with Crippen molar-refractivity contribution in [2.45, 2.75) is 26.4 Å². The molecule has 1 nitrogen and oxygen atoms in total. The van der Waals surface area contributed by atoms with Gasteiger partial charge in [0, 0.05) is 26.8 Å². The highest BCUT2D eigenvalue weighted by Crippen LogP contribution is 2.25. The van der Waals surface area contributed by atoms with Crippen LogP contribution in [-0.2, 0) is 6.54 Å². The standard InChI is InChI=1S/C14H15BrClNS/c1-9-3-6-14(18-9)10(2)17-8-11-4-5-13(16)12(15)7-11/h3-7,10,17H,8H2,1-2H3. The molecule has 1 heterocycles. The van der Waals surface area contributed by atoms with E-state index < -0.39 is 0 Å². The monoisotopic (exact) mass is 343 g/mol. The number of hydrogen-bond donors (Lipinski definition) is 1. The predicted octanol–water partition coefficient (Wildman–Crippen LogP) is 5.32. The minimum absolute atomic E-state index is 0.373. The Morgan fingerprint density at radius 2 is 2.11 bits per heavy atom. The molecule has 1 aromatic carbocycles. The van der Waals surface area contributed by atoms with Gasteiger partial charge in [0.25, 0.3) is 0 Å². The lowest BCUT2D eigenvalue weighted by molar-refractivity contribution is 0.583. The zero-order valence-electron chi connectivity index (χ0n) is 10.3. The Bertz CT molecular complexity index is 538. The molecule has 0 saturated carbocycles. The highest BCUT2D eigenvalue weighted by Gasteiger charge is 2.07. The molecule has 0 bridgehead atoms. The Morgan fingerprint density at radius 1 is 1.33 bits per heavy atom. The van der Waals surface area contributed by atoms with E-state index in [1.54, 1.807) is 0 Å². The van der Waals surface area contributed by atoms with Crippen LogP contribution in [0, 0.1) is 6.92 Å². The Kier molecular flexibility index (Phi) is 4.84. The molecule has 0 spiro atoms. The van der Waals surface area contributed by atoms with Crippen LogP contribution in [0.1, 0.15) is 28.3 Å². The van der Waals surface area contributed by atoms with Gasteiger partial charge in [-0.15, -0.1) is 11.3 Å². The molecule has 2 rings (SSSR count). The van der Waals surface area contributed by atoms with Gasteiger partial charge in [0.1, 0.15) is 0 Å². The summed E-state index contributed by atoms with van der Waals surface area (Å²) in [7, 11) is 0. The number of benzene rings is 1. The summed E-state index contributed by atoms with van der Waals surface area (Å²) in [6.07, 6.45) is 0. The first-order valence-electron chi connectivity index (χ1n) is 5.80. The number of nitrogens with one attached hydrogen (secondary N) is 1. The van der Waals surface area contributed by atoms with E-state index in [0.29, 0.717) is 6.04 Å². The molecular formula is C14H15BrClNS. The molecule has 0 saturated heterocycles. The van der Waals surface area contributed by atoms with E-state index >= 15 is 0 Å². The van der Waals surface area contributed by atoms with Crippen molar-refractivity contribution >= 4 is 38.9 Å². The van der Waals surface area contributed by atoms with Crippen LogP contribution >= 0.6 is 38.9 Å². The van der Waals surface area contributed by atoms with E-state index in [-0.39, 0.29) is 0 Å². The van der Waals surface area contributed by atoms with Gasteiger partial charge in [-0.25, -0.2) is 0 Å². The largest absolute Gasteiger partial charge is 0.305 e. The van der Waals surface area contributed by atoms with Crippen LogP contribution < -0.4 is 5.32 Å². The zero-order valence-corrected chi connectivity index (χ0v) is 13.5. The minimum Gasteiger partial charge on any atom is -0.305 e. The molecule has 96 valence electrons. The lowest BCUT2D eigenvalue weighted by Gasteiger charge is -2.12. The molecule has 0 aliphatic heterocycles. The highest BCUT2D eigenvalue weighted by atomic mass is 79.9. The van der Waals surface area contributed by atoms with Gasteiger partial charge < -0.3 is 5.32 Å². The molecule has 0 radical (unpaired) electrons. The third kappa shape index (κ3) is 3.58. The lowest BCUT2D eigenvalue weighted by atomic mass is 10.2. The fourth-order valence-corrected chi connectivity index (χ4v) is 3.16.